The van der Waals surface area contributed by atoms with Gasteiger partial charge in [0.05, 0.1) is 5.56 Å². The molecule has 0 spiro atoms. The van der Waals surface area contributed by atoms with Crippen molar-refractivity contribution in [1.82, 2.24) is 10.2 Å². The van der Waals surface area contributed by atoms with Crippen molar-refractivity contribution in [3.63, 3.8) is 0 Å². The fourth-order valence-corrected chi connectivity index (χ4v) is 2.45. The van der Waals surface area contributed by atoms with Gasteiger partial charge in [0.1, 0.15) is 17.6 Å². The molecule has 0 bridgehead atoms. The van der Waals surface area contributed by atoms with Gasteiger partial charge in [-0.05, 0) is 18.6 Å². The molecular weight excluding hydrogens is 276 g/mol. The fourth-order valence-electron chi connectivity index (χ4n) is 2.45. The zero-order valence-electron chi connectivity index (χ0n) is 11.0. The Bertz CT molecular complexity index is 484. The summed E-state index contributed by atoms with van der Waals surface area (Å²) in [6.45, 7) is 2.55. The van der Waals surface area contributed by atoms with Crippen LogP contribution in [0.15, 0.2) is 12.1 Å². The number of hydrogen-bond acceptors (Lipinski definition) is 3. The van der Waals surface area contributed by atoms with Crippen molar-refractivity contribution in [2.24, 2.45) is 0 Å². The highest BCUT2D eigenvalue weighted by Gasteiger charge is 2.47. The molecule has 7 heteroatoms. The van der Waals surface area contributed by atoms with E-state index in [0.29, 0.717) is 13.1 Å². The number of nitrogens with one attached hydrogen (secondary N) is 1. The average molecular weight is 292 g/mol. The molecule has 1 aliphatic heterocycles. The first-order chi connectivity index (χ1) is 9.32. The van der Waals surface area contributed by atoms with Gasteiger partial charge < -0.3 is 10.4 Å². The van der Waals surface area contributed by atoms with E-state index in [1.807, 2.05) is 0 Å². The van der Waals surface area contributed by atoms with Gasteiger partial charge in [-0.25, -0.2) is 4.39 Å². The molecule has 0 amide bonds. The van der Waals surface area contributed by atoms with E-state index in [1.54, 1.807) is 0 Å². The van der Waals surface area contributed by atoms with Gasteiger partial charge in [-0.3, -0.25) is 4.90 Å². The highest BCUT2D eigenvalue weighted by Crippen LogP contribution is 2.43. The quantitative estimate of drug-likeness (QED) is 0.821. The van der Waals surface area contributed by atoms with Crippen LogP contribution in [-0.2, 0) is 0 Å². The van der Waals surface area contributed by atoms with Crippen LogP contribution in [0, 0.1) is 12.7 Å². The number of aromatic hydroxyl groups is 1. The number of alkyl halides is 3. The largest absolute Gasteiger partial charge is 0.507 e. The lowest BCUT2D eigenvalue weighted by molar-refractivity contribution is -0.189. The molecule has 1 saturated heterocycles. The second-order valence-electron chi connectivity index (χ2n) is 4.86. The number of benzene rings is 1. The molecule has 2 N–H and O–H groups in total. The summed E-state index contributed by atoms with van der Waals surface area (Å²) in [5.41, 5.74) is -0.454. The second kappa shape index (κ2) is 5.57. The Kier molecular flexibility index (Phi) is 4.19. The van der Waals surface area contributed by atoms with Crippen LogP contribution in [0.25, 0.3) is 0 Å². The first-order valence-corrected chi connectivity index (χ1v) is 6.32. The molecule has 20 heavy (non-hydrogen) atoms. The summed E-state index contributed by atoms with van der Waals surface area (Å²) in [4.78, 5) is 1.15. The summed E-state index contributed by atoms with van der Waals surface area (Å²) in [5, 5.41) is 12.8. The normalized spacial score (nSPS) is 19.1. The number of hydrogen-bond donors (Lipinski definition) is 2. The molecule has 1 aliphatic rings. The van der Waals surface area contributed by atoms with Crippen LogP contribution in [0.1, 0.15) is 17.2 Å². The molecule has 1 atom stereocenters. The third-order valence-electron chi connectivity index (χ3n) is 3.47. The smallest absolute Gasteiger partial charge is 0.408 e. The van der Waals surface area contributed by atoms with Crippen molar-refractivity contribution >= 4 is 0 Å². The molecule has 1 aromatic rings. The fraction of sp³-hybridized carbons (Fsp3) is 0.538. The van der Waals surface area contributed by atoms with Crippen LogP contribution in [-0.4, -0.2) is 42.4 Å². The molecule has 1 aromatic carbocycles. The van der Waals surface area contributed by atoms with Crippen LogP contribution in [0.2, 0.25) is 0 Å². The first kappa shape index (κ1) is 15.1. The number of piperazine rings is 1. The van der Waals surface area contributed by atoms with E-state index < -0.39 is 29.3 Å². The number of phenols is 1. The minimum Gasteiger partial charge on any atom is -0.507 e. The van der Waals surface area contributed by atoms with Gasteiger partial charge in [0.25, 0.3) is 0 Å². The van der Waals surface area contributed by atoms with E-state index in [0.717, 1.165) is 11.0 Å². The summed E-state index contributed by atoms with van der Waals surface area (Å²) in [6.07, 6.45) is -4.65. The van der Waals surface area contributed by atoms with Gasteiger partial charge in [-0.2, -0.15) is 13.2 Å². The third-order valence-corrected chi connectivity index (χ3v) is 3.47. The zero-order chi connectivity index (χ0) is 14.9. The van der Waals surface area contributed by atoms with Crippen LogP contribution < -0.4 is 5.32 Å². The number of phenolic OH excluding ortho intramolecular Hbond substituents is 1. The first-order valence-electron chi connectivity index (χ1n) is 6.32. The molecule has 1 heterocycles. The summed E-state index contributed by atoms with van der Waals surface area (Å²) in [5.74, 6) is -1.65. The Labute approximate surface area is 114 Å². The van der Waals surface area contributed by atoms with Crippen LogP contribution in [0.3, 0.4) is 0 Å². The monoisotopic (exact) mass is 292 g/mol. The molecule has 2 rings (SSSR count). The Morgan fingerprint density at radius 2 is 1.85 bits per heavy atom. The molecule has 0 aromatic heterocycles. The maximum absolute atomic E-state index is 13.9. The standard InChI is InChI=1S/C13H16F4N2O/c1-8-2-3-9(14)10(11(8)20)12(13(15,16)17)19-6-4-18-5-7-19/h2-3,12,18,20H,4-7H2,1H3/t12-/m0/s1. The van der Waals surface area contributed by atoms with E-state index >= 15 is 0 Å². The van der Waals surface area contributed by atoms with Gasteiger partial charge in [-0.15, -0.1) is 0 Å². The Morgan fingerprint density at radius 3 is 2.40 bits per heavy atom. The van der Waals surface area contributed by atoms with Crippen molar-refractivity contribution in [2.45, 2.75) is 19.1 Å². The van der Waals surface area contributed by atoms with Gasteiger partial charge in [-0.1, -0.05) is 6.07 Å². The van der Waals surface area contributed by atoms with Gasteiger partial charge in [0.15, 0.2) is 0 Å². The summed E-state index contributed by atoms with van der Waals surface area (Å²) < 4.78 is 53.9. The van der Waals surface area contributed by atoms with Gasteiger partial charge in [0, 0.05) is 26.2 Å². The number of halogens is 4. The highest BCUT2D eigenvalue weighted by atomic mass is 19.4. The lowest BCUT2D eigenvalue weighted by atomic mass is 9.99. The van der Waals surface area contributed by atoms with Crippen molar-refractivity contribution in [2.75, 3.05) is 26.2 Å². The highest BCUT2D eigenvalue weighted by molar-refractivity contribution is 5.43. The summed E-state index contributed by atoms with van der Waals surface area (Å²) in [6, 6.07) is 0.106. The predicted octanol–water partition coefficient (Wildman–Crippen LogP) is 2.35. The number of aryl methyl sites for hydroxylation is 1. The topological polar surface area (TPSA) is 35.5 Å². The Hall–Kier alpha value is -1.34. The van der Waals surface area contributed by atoms with Crippen LogP contribution in [0.5, 0.6) is 5.75 Å². The summed E-state index contributed by atoms with van der Waals surface area (Å²) in [7, 11) is 0. The maximum Gasteiger partial charge on any atom is 0.408 e. The van der Waals surface area contributed by atoms with E-state index in [9.17, 15) is 22.7 Å². The molecule has 0 aliphatic carbocycles. The molecule has 112 valence electrons. The van der Waals surface area contributed by atoms with Crippen molar-refractivity contribution in [3.05, 3.63) is 29.1 Å². The van der Waals surface area contributed by atoms with Crippen molar-refractivity contribution in [3.8, 4) is 5.75 Å². The summed E-state index contributed by atoms with van der Waals surface area (Å²) >= 11 is 0. The lowest BCUT2D eigenvalue weighted by Gasteiger charge is -2.36. The maximum atomic E-state index is 13.9. The third kappa shape index (κ3) is 2.88. The molecule has 1 fully saturated rings. The molecule has 0 radical (unpaired) electrons. The van der Waals surface area contributed by atoms with E-state index in [4.69, 9.17) is 0 Å². The van der Waals surface area contributed by atoms with Gasteiger partial charge in [0.2, 0.25) is 0 Å². The van der Waals surface area contributed by atoms with Crippen molar-refractivity contribution in [1.29, 1.82) is 0 Å². The average Bonchev–Trinajstić information content (AvgIpc) is 2.39. The van der Waals surface area contributed by atoms with E-state index in [2.05, 4.69) is 5.32 Å². The lowest BCUT2D eigenvalue weighted by Crippen LogP contribution is -2.49. The minimum atomic E-state index is -4.65. The Balaban J connectivity index is 2.49. The molecular formula is C13H16F4N2O. The molecule has 0 unspecified atom stereocenters. The number of nitrogens with zero attached hydrogens (tertiary/aromatic N) is 1. The molecule has 0 saturated carbocycles. The van der Waals surface area contributed by atoms with Gasteiger partial charge >= 0.3 is 6.18 Å². The second-order valence-corrected chi connectivity index (χ2v) is 4.86. The minimum absolute atomic E-state index is 0.150. The molecule has 3 nitrogen and oxygen atoms in total. The SMILES string of the molecule is Cc1ccc(F)c([C@H](N2CCNCC2)C(F)(F)F)c1O. The Morgan fingerprint density at radius 1 is 1.25 bits per heavy atom. The van der Waals surface area contributed by atoms with E-state index in [-0.39, 0.29) is 18.7 Å². The zero-order valence-corrected chi connectivity index (χ0v) is 11.0. The van der Waals surface area contributed by atoms with Crippen molar-refractivity contribution < 1.29 is 22.7 Å². The van der Waals surface area contributed by atoms with Crippen LogP contribution in [0.4, 0.5) is 17.6 Å². The van der Waals surface area contributed by atoms with Crippen LogP contribution >= 0.6 is 0 Å². The van der Waals surface area contributed by atoms with E-state index in [1.165, 1.54) is 13.0 Å². The number of rotatable bonds is 2. The predicted molar refractivity (Wildman–Crippen MR) is 66.0 cm³/mol.